The van der Waals surface area contributed by atoms with E-state index in [2.05, 4.69) is 64.2 Å². The van der Waals surface area contributed by atoms with Crippen LogP contribution in [0.15, 0.2) is 23.3 Å². The summed E-state index contributed by atoms with van der Waals surface area (Å²) in [7, 11) is 0. The van der Waals surface area contributed by atoms with E-state index in [4.69, 9.17) is 4.99 Å². The number of nitrogens with one attached hydrogen (secondary N) is 2. The zero-order valence-corrected chi connectivity index (χ0v) is 21.6. The summed E-state index contributed by atoms with van der Waals surface area (Å²) in [5.41, 5.74) is 2.28. The SMILES string of the molecule is CCNC(=NCc1ccnc(N2CCN(CC)CC2)c1)NCc1nc(C)c(C)s1.I. The highest BCUT2D eigenvalue weighted by molar-refractivity contribution is 14.0. The normalized spacial score (nSPS) is 15.1. The van der Waals surface area contributed by atoms with Crippen molar-refractivity contribution in [1.29, 1.82) is 0 Å². The molecule has 1 aliphatic rings. The second kappa shape index (κ2) is 12.4. The first-order valence-corrected chi connectivity index (χ1v) is 11.3. The molecule has 1 fully saturated rings. The van der Waals surface area contributed by atoms with Gasteiger partial charge in [-0.05, 0) is 45.0 Å². The summed E-state index contributed by atoms with van der Waals surface area (Å²) in [5.74, 6) is 1.87. The molecule has 166 valence electrons. The van der Waals surface area contributed by atoms with Crippen LogP contribution in [0.3, 0.4) is 0 Å². The Morgan fingerprint density at radius 2 is 1.93 bits per heavy atom. The number of nitrogens with zero attached hydrogens (tertiary/aromatic N) is 5. The van der Waals surface area contributed by atoms with E-state index in [-0.39, 0.29) is 24.0 Å². The number of aromatic nitrogens is 2. The highest BCUT2D eigenvalue weighted by Crippen LogP contribution is 2.17. The van der Waals surface area contributed by atoms with Crippen LogP contribution in [0.4, 0.5) is 5.82 Å². The molecule has 0 aromatic carbocycles. The largest absolute Gasteiger partial charge is 0.357 e. The Morgan fingerprint density at radius 1 is 1.17 bits per heavy atom. The number of pyridine rings is 1. The standard InChI is InChI=1S/C21H33N7S.HI/c1-5-22-21(25-15-20-26-16(3)17(4)29-20)24-14-18-7-8-23-19(13-18)28-11-9-27(6-2)10-12-28;/h7-8,13H,5-6,9-12,14-15H2,1-4H3,(H2,22,24,25);1H. The summed E-state index contributed by atoms with van der Waals surface area (Å²) in [4.78, 5) is 20.1. The third kappa shape index (κ3) is 7.05. The third-order valence-electron chi connectivity index (χ3n) is 5.20. The number of anilines is 1. The molecule has 2 aromatic rings. The van der Waals surface area contributed by atoms with E-state index < -0.39 is 0 Å². The lowest BCUT2D eigenvalue weighted by Crippen LogP contribution is -2.46. The van der Waals surface area contributed by atoms with E-state index in [0.29, 0.717) is 13.1 Å². The Morgan fingerprint density at radius 3 is 2.57 bits per heavy atom. The molecule has 1 aliphatic heterocycles. The molecule has 7 nitrogen and oxygen atoms in total. The molecular formula is C21H34IN7S. The van der Waals surface area contributed by atoms with Crippen molar-refractivity contribution in [3.8, 4) is 0 Å². The number of aryl methyl sites for hydroxylation is 2. The van der Waals surface area contributed by atoms with Gasteiger partial charge in [0.05, 0.1) is 18.8 Å². The molecule has 9 heteroatoms. The lowest BCUT2D eigenvalue weighted by Gasteiger charge is -2.34. The van der Waals surface area contributed by atoms with Crippen molar-refractivity contribution in [2.45, 2.75) is 40.8 Å². The van der Waals surface area contributed by atoms with Gasteiger partial charge >= 0.3 is 0 Å². The average Bonchev–Trinajstić information content (AvgIpc) is 3.07. The summed E-state index contributed by atoms with van der Waals surface area (Å²) in [5, 5.41) is 7.80. The molecular weight excluding hydrogens is 509 g/mol. The smallest absolute Gasteiger partial charge is 0.191 e. The topological polar surface area (TPSA) is 68.7 Å². The number of hydrogen-bond donors (Lipinski definition) is 2. The molecule has 0 saturated carbocycles. The number of piperazine rings is 1. The van der Waals surface area contributed by atoms with Crippen molar-refractivity contribution in [2.24, 2.45) is 4.99 Å². The van der Waals surface area contributed by atoms with Gasteiger partial charge < -0.3 is 20.4 Å². The van der Waals surface area contributed by atoms with Crippen molar-refractivity contribution >= 4 is 47.1 Å². The quantitative estimate of drug-likeness (QED) is 0.318. The van der Waals surface area contributed by atoms with Crippen molar-refractivity contribution in [2.75, 3.05) is 44.2 Å². The summed E-state index contributed by atoms with van der Waals surface area (Å²) in [6, 6.07) is 4.22. The van der Waals surface area contributed by atoms with Crippen molar-refractivity contribution in [3.63, 3.8) is 0 Å². The minimum Gasteiger partial charge on any atom is -0.357 e. The van der Waals surface area contributed by atoms with E-state index in [9.17, 15) is 0 Å². The van der Waals surface area contributed by atoms with Crippen LogP contribution in [-0.4, -0.2) is 60.1 Å². The van der Waals surface area contributed by atoms with Gasteiger partial charge in [0.25, 0.3) is 0 Å². The molecule has 3 heterocycles. The van der Waals surface area contributed by atoms with Crippen LogP contribution >= 0.6 is 35.3 Å². The minimum absolute atomic E-state index is 0. The van der Waals surface area contributed by atoms with Gasteiger partial charge in [-0.15, -0.1) is 35.3 Å². The van der Waals surface area contributed by atoms with Gasteiger partial charge in [0.2, 0.25) is 0 Å². The van der Waals surface area contributed by atoms with Crippen LogP contribution in [0, 0.1) is 13.8 Å². The summed E-state index contributed by atoms with van der Waals surface area (Å²) < 4.78 is 0. The summed E-state index contributed by atoms with van der Waals surface area (Å²) in [6.45, 7) is 16.0. The molecule has 2 N–H and O–H groups in total. The predicted molar refractivity (Wildman–Crippen MR) is 137 cm³/mol. The molecule has 0 unspecified atom stereocenters. The molecule has 1 saturated heterocycles. The zero-order chi connectivity index (χ0) is 20.6. The van der Waals surface area contributed by atoms with Gasteiger partial charge in [-0.25, -0.2) is 15.0 Å². The van der Waals surface area contributed by atoms with E-state index in [1.165, 1.54) is 10.4 Å². The summed E-state index contributed by atoms with van der Waals surface area (Å²) >= 11 is 1.73. The van der Waals surface area contributed by atoms with Crippen molar-refractivity contribution in [1.82, 2.24) is 25.5 Å². The molecule has 0 radical (unpaired) electrons. The third-order valence-corrected chi connectivity index (χ3v) is 6.27. The van der Waals surface area contributed by atoms with E-state index in [1.54, 1.807) is 11.3 Å². The van der Waals surface area contributed by atoms with Crippen LogP contribution < -0.4 is 15.5 Å². The number of rotatable bonds is 7. The van der Waals surface area contributed by atoms with Gasteiger partial charge in [0.15, 0.2) is 5.96 Å². The second-order valence-electron chi connectivity index (χ2n) is 7.24. The Balaban J connectivity index is 0.00000320. The lowest BCUT2D eigenvalue weighted by molar-refractivity contribution is 0.270. The lowest BCUT2D eigenvalue weighted by atomic mass is 10.2. The van der Waals surface area contributed by atoms with Crippen molar-refractivity contribution < 1.29 is 0 Å². The van der Waals surface area contributed by atoms with Crippen molar-refractivity contribution in [3.05, 3.63) is 39.5 Å². The first-order valence-electron chi connectivity index (χ1n) is 10.5. The highest BCUT2D eigenvalue weighted by Gasteiger charge is 2.16. The number of halogens is 1. The molecule has 2 aromatic heterocycles. The maximum atomic E-state index is 4.76. The van der Waals surface area contributed by atoms with Crippen LogP contribution in [0.1, 0.15) is 35.0 Å². The van der Waals surface area contributed by atoms with Crippen LogP contribution in [-0.2, 0) is 13.1 Å². The van der Waals surface area contributed by atoms with E-state index in [0.717, 1.165) is 61.7 Å². The Labute approximate surface area is 201 Å². The Bertz CT molecular complexity index is 796. The van der Waals surface area contributed by atoms with Gasteiger partial charge in [0, 0.05) is 43.8 Å². The minimum atomic E-state index is 0. The predicted octanol–water partition coefficient (Wildman–Crippen LogP) is 3.17. The zero-order valence-electron chi connectivity index (χ0n) is 18.4. The highest BCUT2D eigenvalue weighted by atomic mass is 127. The average molecular weight is 544 g/mol. The van der Waals surface area contributed by atoms with Gasteiger partial charge in [-0.2, -0.15) is 0 Å². The Kier molecular flexibility index (Phi) is 10.3. The fraction of sp³-hybridized carbons (Fsp3) is 0.571. The molecule has 0 bridgehead atoms. The fourth-order valence-electron chi connectivity index (χ4n) is 3.31. The van der Waals surface area contributed by atoms with E-state index >= 15 is 0 Å². The number of thiazole rings is 1. The maximum Gasteiger partial charge on any atom is 0.191 e. The first kappa shape index (κ1) is 24.8. The van der Waals surface area contributed by atoms with Gasteiger partial charge in [-0.1, -0.05) is 6.92 Å². The van der Waals surface area contributed by atoms with Crippen LogP contribution in [0.25, 0.3) is 0 Å². The fourth-order valence-corrected chi connectivity index (χ4v) is 4.18. The van der Waals surface area contributed by atoms with Gasteiger partial charge in [0.1, 0.15) is 10.8 Å². The van der Waals surface area contributed by atoms with Crippen LogP contribution in [0.5, 0.6) is 0 Å². The molecule has 30 heavy (non-hydrogen) atoms. The van der Waals surface area contributed by atoms with E-state index in [1.807, 2.05) is 12.3 Å². The molecule has 3 rings (SSSR count). The van der Waals surface area contributed by atoms with Crippen LogP contribution in [0.2, 0.25) is 0 Å². The molecule has 0 atom stereocenters. The molecule has 0 spiro atoms. The monoisotopic (exact) mass is 543 g/mol. The maximum absolute atomic E-state index is 4.76. The number of guanidine groups is 1. The molecule has 0 amide bonds. The summed E-state index contributed by atoms with van der Waals surface area (Å²) in [6.07, 6.45) is 1.90. The number of likely N-dealkylation sites (N-methyl/N-ethyl adjacent to an activating group) is 1. The number of aliphatic imine (C=N–C) groups is 1. The second-order valence-corrected chi connectivity index (χ2v) is 8.53. The van der Waals surface area contributed by atoms with Gasteiger partial charge in [-0.3, -0.25) is 0 Å². The Hall–Kier alpha value is -1.46. The first-order chi connectivity index (χ1) is 14.1. The molecule has 0 aliphatic carbocycles. The number of hydrogen-bond acceptors (Lipinski definition) is 6.